The number of rotatable bonds is 3. The molecule has 2 atom stereocenters. The van der Waals surface area contributed by atoms with E-state index in [0.717, 1.165) is 37.7 Å². The lowest BCUT2D eigenvalue weighted by Crippen LogP contribution is -2.33. The minimum Gasteiger partial charge on any atom is -0.479 e. The number of anilines is 1. The minimum absolute atomic E-state index is 0.000205. The van der Waals surface area contributed by atoms with Crippen LogP contribution in [0.5, 0.6) is 5.88 Å². The Bertz CT molecular complexity index is 856. The number of fused-ring (bicyclic) bond motifs is 1. The zero-order valence-corrected chi connectivity index (χ0v) is 17.2. The van der Waals surface area contributed by atoms with Crippen LogP contribution in [0.15, 0.2) is 18.3 Å². The van der Waals surface area contributed by atoms with Gasteiger partial charge in [0.25, 0.3) is 5.91 Å². The van der Waals surface area contributed by atoms with E-state index < -0.39 is 0 Å². The van der Waals surface area contributed by atoms with Gasteiger partial charge in [0, 0.05) is 56.7 Å². The van der Waals surface area contributed by atoms with Gasteiger partial charge in [-0.05, 0) is 12.1 Å². The van der Waals surface area contributed by atoms with E-state index in [2.05, 4.69) is 53.1 Å². The molecule has 28 heavy (non-hydrogen) atoms. The lowest BCUT2D eigenvalue weighted by molar-refractivity contribution is 0.0779. The molecule has 2 aliphatic heterocycles. The highest BCUT2D eigenvalue weighted by Gasteiger charge is 2.43. The zero-order chi connectivity index (χ0) is 20.1. The number of hydrogen-bond donors (Lipinski definition) is 0. The van der Waals surface area contributed by atoms with Crippen LogP contribution in [0.3, 0.4) is 0 Å². The molecule has 2 saturated heterocycles. The second-order valence-corrected chi connectivity index (χ2v) is 8.89. The molecule has 4 heterocycles. The van der Waals surface area contributed by atoms with Gasteiger partial charge in [-0.15, -0.1) is 10.2 Å². The Balaban J connectivity index is 1.41. The molecule has 2 aromatic heterocycles. The summed E-state index contributed by atoms with van der Waals surface area (Å²) in [5.41, 5.74) is 1.53. The van der Waals surface area contributed by atoms with Crippen molar-refractivity contribution in [3.63, 3.8) is 0 Å². The molecule has 8 nitrogen and oxygen atoms in total. The van der Waals surface area contributed by atoms with Crippen molar-refractivity contribution >= 4 is 11.7 Å². The Kier molecular flexibility index (Phi) is 4.51. The first-order valence-corrected chi connectivity index (χ1v) is 9.72. The van der Waals surface area contributed by atoms with Gasteiger partial charge < -0.3 is 14.5 Å². The summed E-state index contributed by atoms with van der Waals surface area (Å²) >= 11 is 0. The molecule has 4 rings (SSSR count). The van der Waals surface area contributed by atoms with Crippen molar-refractivity contribution in [3.8, 4) is 5.88 Å². The van der Waals surface area contributed by atoms with Crippen molar-refractivity contribution in [1.29, 1.82) is 0 Å². The number of carbonyl (C=O) groups excluding carboxylic acids is 1. The molecular weight excluding hydrogens is 356 g/mol. The Morgan fingerprint density at radius 2 is 1.79 bits per heavy atom. The first-order chi connectivity index (χ1) is 13.3. The highest BCUT2D eigenvalue weighted by molar-refractivity contribution is 5.96. The molecule has 0 saturated carbocycles. The summed E-state index contributed by atoms with van der Waals surface area (Å²) in [6.07, 6.45) is 1.73. The molecule has 8 heteroatoms. The van der Waals surface area contributed by atoms with Gasteiger partial charge in [0.15, 0.2) is 5.82 Å². The molecule has 1 amide bonds. The van der Waals surface area contributed by atoms with E-state index in [1.807, 2.05) is 4.90 Å². The van der Waals surface area contributed by atoms with Crippen LogP contribution in [0.2, 0.25) is 0 Å². The fourth-order valence-corrected chi connectivity index (χ4v) is 4.18. The van der Waals surface area contributed by atoms with E-state index in [1.165, 1.54) is 0 Å². The SMILES string of the molecule is COc1nn(C)cc1C(=O)N1CC2CN(c3ccc(C(C)(C)C)nn3)CC2C1. The monoisotopic (exact) mass is 384 g/mol. The third kappa shape index (κ3) is 3.31. The predicted octanol–water partition coefficient (Wildman–Crippen LogP) is 1.72. The lowest BCUT2D eigenvalue weighted by Gasteiger charge is -2.23. The third-order valence-corrected chi connectivity index (χ3v) is 5.74. The third-order valence-electron chi connectivity index (χ3n) is 5.74. The summed E-state index contributed by atoms with van der Waals surface area (Å²) in [6.45, 7) is 9.74. The van der Waals surface area contributed by atoms with Crippen LogP contribution in [0.25, 0.3) is 0 Å². The number of carbonyl (C=O) groups is 1. The van der Waals surface area contributed by atoms with E-state index in [0.29, 0.717) is 23.3 Å². The molecule has 0 radical (unpaired) electrons. The average molecular weight is 384 g/mol. The minimum atomic E-state index is 0.000205. The number of methoxy groups -OCH3 is 1. The largest absolute Gasteiger partial charge is 0.479 e. The Labute approximate surface area is 165 Å². The Morgan fingerprint density at radius 3 is 2.32 bits per heavy atom. The zero-order valence-electron chi connectivity index (χ0n) is 17.2. The van der Waals surface area contributed by atoms with Crippen molar-refractivity contribution in [2.24, 2.45) is 18.9 Å². The smallest absolute Gasteiger partial charge is 0.260 e. The Hall–Kier alpha value is -2.64. The van der Waals surface area contributed by atoms with Gasteiger partial charge in [0.05, 0.1) is 12.8 Å². The number of aromatic nitrogens is 4. The van der Waals surface area contributed by atoms with Crippen molar-refractivity contribution < 1.29 is 9.53 Å². The fourth-order valence-electron chi connectivity index (χ4n) is 4.18. The molecule has 0 aliphatic carbocycles. The summed E-state index contributed by atoms with van der Waals surface area (Å²) in [6, 6.07) is 4.14. The molecule has 0 spiro atoms. The summed E-state index contributed by atoms with van der Waals surface area (Å²) in [5, 5.41) is 13.1. The number of hydrogen-bond acceptors (Lipinski definition) is 6. The highest BCUT2D eigenvalue weighted by atomic mass is 16.5. The van der Waals surface area contributed by atoms with Crippen molar-refractivity contribution in [1.82, 2.24) is 24.9 Å². The molecular formula is C20H28N6O2. The van der Waals surface area contributed by atoms with Gasteiger partial charge in [-0.25, -0.2) is 0 Å². The summed E-state index contributed by atoms with van der Waals surface area (Å²) in [4.78, 5) is 17.1. The number of ether oxygens (including phenoxy) is 1. The predicted molar refractivity (Wildman–Crippen MR) is 106 cm³/mol. The number of aryl methyl sites for hydroxylation is 1. The van der Waals surface area contributed by atoms with Crippen LogP contribution in [0.4, 0.5) is 5.82 Å². The van der Waals surface area contributed by atoms with Crippen LogP contribution in [-0.2, 0) is 12.5 Å². The normalized spacial score (nSPS) is 21.9. The number of amides is 1. The van der Waals surface area contributed by atoms with Gasteiger partial charge in [0.1, 0.15) is 5.56 Å². The molecule has 0 bridgehead atoms. The van der Waals surface area contributed by atoms with Crippen LogP contribution in [0.1, 0.15) is 36.8 Å². The summed E-state index contributed by atoms with van der Waals surface area (Å²) in [5.74, 6) is 2.22. The molecule has 2 aromatic rings. The van der Waals surface area contributed by atoms with E-state index in [-0.39, 0.29) is 11.3 Å². The fraction of sp³-hybridized carbons (Fsp3) is 0.600. The standard InChI is InChI=1S/C20H28N6O2/c1-20(2,3)16-6-7-17(22-21-16)25-8-13-10-26(11-14(13)9-25)19(27)15-12-24(4)23-18(15)28-5/h6-7,12-14H,8-11H2,1-5H3. The highest BCUT2D eigenvalue weighted by Crippen LogP contribution is 2.34. The maximum Gasteiger partial charge on any atom is 0.260 e. The summed E-state index contributed by atoms with van der Waals surface area (Å²) < 4.78 is 6.86. The molecule has 2 fully saturated rings. The molecule has 2 unspecified atom stereocenters. The second-order valence-electron chi connectivity index (χ2n) is 8.89. The van der Waals surface area contributed by atoms with Crippen molar-refractivity contribution in [2.75, 3.05) is 38.2 Å². The number of nitrogens with zero attached hydrogens (tertiary/aromatic N) is 6. The molecule has 0 aromatic carbocycles. The second kappa shape index (κ2) is 6.76. The maximum absolute atomic E-state index is 12.9. The van der Waals surface area contributed by atoms with Crippen LogP contribution < -0.4 is 9.64 Å². The molecule has 0 N–H and O–H groups in total. The average Bonchev–Trinajstić information content (AvgIpc) is 3.32. The first kappa shape index (κ1) is 18.7. The maximum atomic E-state index is 12.9. The summed E-state index contributed by atoms with van der Waals surface area (Å²) in [7, 11) is 3.34. The molecule has 2 aliphatic rings. The molecule has 150 valence electrons. The van der Waals surface area contributed by atoms with E-state index in [9.17, 15) is 4.79 Å². The van der Waals surface area contributed by atoms with Crippen LogP contribution >= 0.6 is 0 Å². The van der Waals surface area contributed by atoms with Crippen LogP contribution in [-0.4, -0.2) is 64.1 Å². The van der Waals surface area contributed by atoms with Gasteiger partial charge >= 0.3 is 0 Å². The quantitative estimate of drug-likeness (QED) is 0.802. The van der Waals surface area contributed by atoms with Crippen molar-refractivity contribution in [3.05, 3.63) is 29.6 Å². The van der Waals surface area contributed by atoms with Gasteiger partial charge in [-0.1, -0.05) is 20.8 Å². The van der Waals surface area contributed by atoms with Gasteiger partial charge in [-0.3, -0.25) is 9.48 Å². The van der Waals surface area contributed by atoms with Crippen LogP contribution in [0, 0.1) is 11.8 Å². The first-order valence-electron chi connectivity index (χ1n) is 9.72. The van der Waals surface area contributed by atoms with Crippen molar-refractivity contribution in [2.45, 2.75) is 26.2 Å². The number of likely N-dealkylation sites (tertiary alicyclic amines) is 1. The van der Waals surface area contributed by atoms with Gasteiger partial charge in [-0.2, -0.15) is 5.10 Å². The van der Waals surface area contributed by atoms with E-state index in [1.54, 1.807) is 25.0 Å². The van der Waals surface area contributed by atoms with E-state index in [4.69, 9.17) is 4.74 Å². The van der Waals surface area contributed by atoms with Gasteiger partial charge in [0.2, 0.25) is 5.88 Å². The lowest BCUT2D eigenvalue weighted by atomic mass is 9.92. The van der Waals surface area contributed by atoms with E-state index >= 15 is 0 Å². The topological polar surface area (TPSA) is 76.4 Å². The Morgan fingerprint density at radius 1 is 1.11 bits per heavy atom.